The van der Waals surface area contributed by atoms with Crippen molar-refractivity contribution in [1.29, 1.82) is 0 Å². The minimum atomic E-state index is -0.743. The molecule has 5 nitrogen and oxygen atoms in total. The molecule has 1 fully saturated rings. The molecule has 6 heteroatoms. The van der Waals surface area contributed by atoms with Gasteiger partial charge in [0.1, 0.15) is 5.01 Å². The van der Waals surface area contributed by atoms with Crippen LogP contribution in [-0.2, 0) is 0 Å². The number of hydrogen-bond acceptors (Lipinski definition) is 4. The SMILES string of the molecule is CCC(NC(=O)NCC1(O)CCCCCC1)c1nc(C)cs1. The Morgan fingerprint density at radius 1 is 1.41 bits per heavy atom. The molecule has 22 heavy (non-hydrogen) atoms. The number of nitrogens with one attached hydrogen (secondary N) is 2. The molecule has 0 bridgehead atoms. The van der Waals surface area contributed by atoms with E-state index < -0.39 is 5.60 Å². The number of urea groups is 1. The Morgan fingerprint density at radius 2 is 2.09 bits per heavy atom. The molecule has 1 aliphatic carbocycles. The van der Waals surface area contributed by atoms with E-state index in [9.17, 15) is 9.90 Å². The van der Waals surface area contributed by atoms with Gasteiger partial charge < -0.3 is 15.7 Å². The van der Waals surface area contributed by atoms with Gasteiger partial charge in [0.25, 0.3) is 0 Å². The largest absolute Gasteiger partial charge is 0.388 e. The molecule has 1 heterocycles. The van der Waals surface area contributed by atoms with Crippen molar-refractivity contribution < 1.29 is 9.90 Å². The monoisotopic (exact) mass is 325 g/mol. The van der Waals surface area contributed by atoms with Crippen molar-refractivity contribution in [3.8, 4) is 0 Å². The van der Waals surface area contributed by atoms with Crippen molar-refractivity contribution in [3.63, 3.8) is 0 Å². The molecule has 1 aliphatic rings. The van der Waals surface area contributed by atoms with Crippen molar-refractivity contribution in [2.45, 2.75) is 70.4 Å². The van der Waals surface area contributed by atoms with Gasteiger partial charge in [-0.25, -0.2) is 9.78 Å². The molecule has 0 radical (unpaired) electrons. The fourth-order valence-electron chi connectivity index (χ4n) is 2.89. The van der Waals surface area contributed by atoms with E-state index in [0.717, 1.165) is 42.8 Å². The van der Waals surface area contributed by atoms with Crippen molar-refractivity contribution in [1.82, 2.24) is 15.6 Å². The van der Waals surface area contributed by atoms with Crippen LogP contribution in [0.1, 0.15) is 68.6 Å². The topological polar surface area (TPSA) is 74.2 Å². The first-order chi connectivity index (χ1) is 10.5. The maximum atomic E-state index is 12.1. The molecule has 0 aliphatic heterocycles. The van der Waals surface area contributed by atoms with Gasteiger partial charge in [0.2, 0.25) is 0 Å². The molecule has 1 aromatic rings. The minimum Gasteiger partial charge on any atom is -0.388 e. The quantitative estimate of drug-likeness (QED) is 0.727. The number of nitrogens with zero attached hydrogens (tertiary/aromatic N) is 1. The predicted molar refractivity (Wildman–Crippen MR) is 89.1 cm³/mol. The van der Waals surface area contributed by atoms with Gasteiger partial charge in [-0.2, -0.15) is 0 Å². The number of aryl methyl sites for hydroxylation is 1. The van der Waals surface area contributed by atoms with E-state index in [-0.39, 0.29) is 12.1 Å². The zero-order valence-corrected chi connectivity index (χ0v) is 14.3. The van der Waals surface area contributed by atoms with E-state index >= 15 is 0 Å². The highest BCUT2D eigenvalue weighted by molar-refractivity contribution is 7.09. The van der Waals surface area contributed by atoms with E-state index in [1.807, 2.05) is 19.2 Å². The van der Waals surface area contributed by atoms with E-state index in [2.05, 4.69) is 15.6 Å². The van der Waals surface area contributed by atoms with Gasteiger partial charge in [0.05, 0.1) is 11.6 Å². The standard InChI is InChI=1S/C16H27N3O2S/c1-3-13(14-18-12(2)10-22-14)19-15(20)17-11-16(21)8-6-4-5-7-9-16/h10,13,21H,3-9,11H2,1-2H3,(H2,17,19,20). The van der Waals surface area contributed by atoms with Gasteiger partial charge in [-0.3, -0.25) is 0 Å². The molecule has 1 atom stereocenters. The lowest BCUT2D eigenvalue weighted by atomic mass is 9.94. The van der Waals surface area contributed by atoms with Crippen LogP contribution in [0, 0.1) is 6.92 Å². The summed E-state index contributed by atoms with van der Waals surface area (Å²) in [5.74, 6) is 0. The smallest absolute Gasteiger partial charge is 0.315 e. The Kier molecular flexibility index (Phi) is 6.20. The van der Waals surface area contributed by atoms with Gasteiger partial charge in [-0.05, 0) is 26.2 Å². The minimum absolute atomic E-state index is 0.0672. The average Bonchev–Trinajstić information content (AvgIpc) is 2.80. The Morgan fingerprint density at radius 3 is 2.64 bits per heavy atom. The molecule has 124 valence electrons. The van der Waals surface area contributed by atoms with Crippen LogP contribution in [0.2, 0.25) is 0 Å². The average molecular weight is 325 g/mol. The van der Waals surface area contributed by atoms with E-state index in [1.54, 1.807) is 11.3 Å². The molecule has 2 amide bonds. The zero-order chi connectivity index (χ0) is 16.0. The number of rotatable bonds is 5. The van der Waals surface area contributed by atoms with Crippen LogP contribution in [0.25, 0.3) is 0 Å². The van der Waals surface area contributed by atoms with E-state index in [1.165, 1.54) is 12.8 Å². The Labute approximate surface area is 136 Å². The third-order valence-electron chi connectivity index (χ3n) is 4.26. The lowest BCUT2D eigenvalue weighted by molar-refractivity contribution is 0.0276. The number of amides is 2. The molecule has 0 saturated heterocycles. The fourth-order valence-corrected chi connectivity index (χ4v) is 3.82. The van der Waals surface area contributed by atoms with Crippen LogP contribution in [0.4, 0.5) is 4.79 Å². The highest BCUT2D eigenvalue weighted by atomic mass is 32.1. The summed E-state index contributed by atoms with van der Waals surface area (Å²) in [5, 5.41) is 19.3. The molecule has 1 aromatic heterocycles. The summed E-state index contributed by atoms with van der Waals surface area (Å²) < 4.78 is 0. The lowest BCUT2D eigenvalue weighted by Crippen LogP contribution is -2.46. The zero-order valence-electron chi connectivity index (χ0n) is 13.5. The third-order valence-corrected chi connectivity index (χ3v) is 5.34. The maximum Gasteiger partial charge on any atom is 0.315 e. The highest BCUT2D eigenvalue weighted by Crippen LogP contribution is 2.26. The summed E-state index contributed by atoms with van der Waals surface area (Å²) in [6, 6.07) is -0.292. The Hall–Kier alpha value is -1.14. The fraction of sp³-hybridized carbons (Fsp3) is 0.750. The molecule has 0 aromatic carbocycles. The first kappa shape index (κ1) is 17.2. The lowest BCUT2D eigenvalue weighted by Gasteiger charge is -2.27. The van der Waals surface area contributed by atoms with Gasteiger partial charge in [-0.1, -0.05) is 32.6 Å². The second-order valence-corrected chi connectivity index (χ2v) is 7.14. The van der Waals surface area contributed by atoms with Gasteiger partial charge in [0, 0.05) is 17.6 Å². The molecule has 0 spiro atoms. The number of thiazole rings is 1. The number of hydrogen-bond donors (Lipinski definition) is 3. The second kappa shape index (κ2) is 7.92. The summed E-state index contributed by atoms with van der Waals surface area (Å²) in [4.78, 5) is 16.5. The van der Waals surface area contributed by atoms with Gasteiger partial charge >= 0.3 is 6.03 Å². The molecular weight excluding hydrogens is 298 g/mol. The molecule has 1 unspecified atom stereocenters. The summed E-state index contributed by atoms with van der Waals surface area (Å²) >= 11 is 1.57. The molecule has 2 rings (SSSR count). The number of carbonyl (C=O) groups is 1. The highest BCUT2D eigenvalue weighted by Gasteiger charge is 2.28. The van der Waals surface area contributed by atoms with E-state index in [4.69, 9.17) is 0 Å². The summed E-state index contributed by atoms with van der Waals surface area (Å²) in [6.07, 6.45) is 6.77. The first-order valence-electron chi connectivity index (χ1n) is 8.21. The van der Waals surface area contributed by atoms with Crippen LogP contribution >= 0.6 is 11.3 Å². The van der Waals surface area contributed by atoms with Crippen LogP contribution in [0.3, 0.4) is 0 Å². The Bertz CT molecular complexity index is 481. The van der Waals surface area contributed by atoms with Crippen molar-refractivity contribution in [2.24, 2.45) is 0 Å². The molecule has 3 N–H and O–H groups in total. The van der Waals surface area contributed by atoms with Gasteiger partial charge in [-0.15, -0.1) is 11.3 Å². The van der Waals surface area contributed by atoms with Crippen molar-refractivity contribution in [2.75, 3.05) is 6.54 Å². The van der Waals surface area contributed by atoms with Gasteiger partial charge in [0.15, 0.2) is 0 Å². The third kappa shape index (κ3) is 4.95. The molecule has 1 saturated carbocycles. The summed E-state index contributed by atoms with van der Waals surface area (Å²) in [7, 11) is 0. The predicted octanol–water partition coefficient (Wildman–Crippen LogP) is 3.29. The summed E-state index contributed by atoms with van der Waals surface area (Å²) in [6.45, 7) is 4.31. The van der Waals surface area contributed by atoms with Crippen LogP contribution in [0.15, 0.2) is 5.38 Å². The van der Waals surface area contributed by atoms with Crippen molar-refractivity contribution >= 4 is 17.4 Å². The molecular formula is C16H27N3O2S. The van der Waals surface area contributed by atoms with Crippen LogP contribution < -0.4 is 10.6 Å². The summed E-state index contributed by atoms with van der Waals surface area (Å²) in [5.41, 5.74) is 0.237. The normalized spacial score (nSPS) is 19.2. The van der Waals surface area contributed by atoms with Crippen molar-refractivity contribution in [3.05, 3.63) is 16.1 Å². The van der Waals surface area contributed by atoms with Crippen LogP contribution in [-0.4, -0.2) is 28.3 Å². The number of aromatic nitrogens is 1. The van der Waals surface area contributed by atoms with E-state index in [0.29, 0.717) is 6.54 Å². The van der Waals surface area contributed by atoms with Crippen LogP contribution in [0.5, 0.6) is 0 Å². The maximum absolute atomic E-state index is 12.1. The number of aliphatic hydroxyl groups is 1. The first-order valence-corrected chi connectivity index (χ1v) is 9.09. The number of carbonyl (C=O) groups excluding carboxylic acids is 1. The second-order valence-electron chi connectivity index (χ2n) is 6.25. The Balaban J connectivity index is 1.83.